The molecule has 2 unspecified atom stereocenters. The average molecular weight is 333 g/mol. The van der Waals surface area contributed by atoms with E-state index < -0.39 is 41.9 Å². The Kier molecular flexibility index (Phi) is 4.59. The molecule has 1 aliphatic rings. The zero-order chi connectivity index (χ0) is 18.1. The molecule has 1 aromatic rings. The van der Waals surface area contributed by atoms with Gasteiger partial charge in [0, 0.05) is 0 Å². The third-order valence-electron chi connectivity index (χ3n) is 3.95. The lowest BCUT2D eigenvalue weighted by Gasteiger charge is -2.22. The van der Waals surface area contributed by atoms with Gasteiger partial charge in [-0.25, -0.2) is 4.79 Å². The van der Waals surface area contributed by atoms with E-state index >= 15 is 0 Å². The number of aryl methyl sites for hydroxylation is 1. The minimum Gasteiger partial charge on any atom is -0.480 e. The van der Waals surface area contributed by atoms with Crippen molar-refractivity contribution in [2.24, 2.45) is 0 Å². The van der Waals surface area contributed by atoms with Gasteiger partial charge >= 0.3 is 12.0 Å². The van der Waals surface area contributed by atoms with Crippen LogP contribution in [0.3, 0.4) is 0 Å². The number of hydrogen-bond donors (Lipinski definition) is 3. The number of nitrogens with one attached hydrogen (secondary N) is 2. The summed E-state index contributed by atoms with van der Waals surface area (Å²) in [5.41, 5.74) is 0.356. The third-order valence-corrected chi connectivity index (χ3v) is 3.95. The summed E-state index contributed by atoms with van der Waals surface area (Å²) in [6, 6.07) is 5.32. The van der Waals surface area contributed by atoms with Crippen molar-refractivity contribution in [3.63, 3.8) is 0 Å². The standard InChI is InChI=1S/C16H19N3O5/c1-9-4-6-11(7-5-9)16(3)14(23)19(15(24)18-16)8-12(20)17-10(2)13(21)22/h4-7,10H,8H2,1-3H3,(H,17,20)(H,18,24)(H,21,22). The van der Waals surface area contributed by atoms with Crippen molar-refractivity contribution in [2.45, 2.75) is 32.4 Å². The Hall–Kier alpha value is -2.90. The van der Waals surface area contributed by atoms with Gasteiger partial charge in [-0.15, -0.1) is 0 Å². The molecule has 128 valence electrons. The van der Waals surface area contributed by atoms with Gasteiger partial charge in [0.2, 0.25) is 5.91 Å². The van der Waals surface area contributed by atoms with Crippen molar-refractivity contribution in [3.05, 3.63) is 35.4 Å². The van der Waals surface area contributed by atoms with E-state index in [1.54, 1.807) is 19.1 Å². The Bertz CT molecular complexity index is 700. The topological polar surface area (TPSA) is 116 Å². The number of aliphatic carboxylic acids is 1. The van der Waals surface area contributed by atoms with Gasteiger partial charge in [-0.2, -0.15) is 0 Å². The molecule has 1 saturated heterocycles. The van der Waals surface area contributed by atoms with Crippen LogP contribution in [0.2, 0.25) is 0 Å². The smallest absolute Gasteiger partial charge is 0.325 e. The number of carboxylic acid groups (broad SMARTS) is 1. The van der Waals surface area contributed by atoms with Crippen LogP contribution < -0.4 is 10.6 Å². The van der Waals surface area contributed by atoms with Crippen molar-refractivity contribution in [3.8, 4) is 0 Å². The molecule has 0 aliphatic carbocycles. The van der Waals surface area contributed by atoms with E-state index in [1.165, 1.54) is 6.92 Å². The van der Waals surface area contributed by atoms with Crippen LogP contribution in [-0.2, 0) is 19.9 Å². The number of benzene rings is 1. The molecule has 1 heterocycles. The summed E-state index contributed by atoms with van der Waals surface area (Å²) >= 11 is 0. The van der Waals surface area contributed by atoms with Crippen molar-refractivity contribution < 1.29 is 24.3 Å². The van der Waals surface area contributed by atoms with E-state index in [0.717, 1.165) is 10.5 Å². The molecule has 1 aromatic carbocycles. The van der Waals surface area contributed by atoms with Crippen LogP contribution in [0.15, 0.2) is 24.3 Å². The average Bonchev–Trinajstić information content (AvgIpc) is 2.72. The van der Waals surface area contributed by atoms with Crippen molar-refractivity contribution >= 4 is 23.8 Å². The van der Waals surface area contributed by atoms with Gasteiger partial charge < -0.3 is 15.7 Å². The molecule has 2 atom stereocenters. The Labute approximate surface area is 138 Å². The minimum absolute atomic E-state index is 0.538. The number of carboxylic acids is 1. The summed E-state index contributed by atoms with van der Waals surface area (Å²) < 4.78 is 0. The number of amides is 4. The molecule has 1 aliphatic heterocycles. The first-order valence-corrected chi connectivity index (χ1v) is 7.38. The van der Waals surface area contributed by atoms with Crippen LogP contribution in [0.5, 0.6) is 0 Å². The second-order valence-corrected chi connectivity index (χ2v) is 5.94. The van der Waals surface area contributed by atoms with Crippen LogP contribution in [0.1, 0.15) is 25.0 Å². The van der Waals surface area contributed by atoms with Gasteiger partial charge in [-0.3, -0.25) is 19.3 Å². The van der Waals surface area contributed by atoms with Crippen LogP contribution in [0.4, 0.5) is 4.79 Å². The molecular formula is C16H19N3O5. The van der Waals surface area contributed by atoms with Crippen molar-refractivity contribution in [2.75, 3.05) is 6.54 Å². The van der Waals surface area contributed by atoms with Gasteiger partial charge in [-0.05, 0) is 26.3 Å². The summed E-state index contributed by atoms with van der Waals surface area (Å²) in [4.78, 5) is 48.1. The summed E-state index contributed by atoms with van der Waals surface area (Å²) in [6.07, 6.45) is 0. The molecule has 1 fully saturated rings. The molecule has 0 bridgehead atoms. The Morgan fingerprint density at radius 3 is 2.42 bits per heavy atom. The first kappa shape index (κ1) is 17.5. The Morgan fingerprint density at radius 2 is 1.88 bits per heavy atom. The fourth-order valence-electron chi connectivity index (χ4n) is 2.42. The van der Waals surface area contributed by atoms with Crippen LogP contribution >= 0.6 is 0 Å². The highest BCUT2D eigenvalue weighted by atomic mass is 16.4. The zero-order valence-electron chi connectivity index (χ0n) is 13.6. The lowest BCUT2D eigenvalue weighted by Crippen LogP contribution is -2.46. The number of nitrogens with zero attached hydrogens (tertiary/aromatic N) is 1. The predicted octanol–water partition coefficient (Wildman–Crippen LogP) is 0.351. The van der Waals surface area contributed by atoms with E-state index in [0.29, 0.717) is 5.56 Å². The predicted molar refractivity (Wildman–Crippen MR) is 84.0 cm³/mol. The van der Waals surface area contributed by atoms with E-state index in [4.69, 9.17) is 5.11 Å². The normalized spacial score (nSPS) is 21.4. The maximum Gasteiger partial charge on any atom is 0.325 e. The lowest BCUT2D eigenvalue weighted by molar-refractivity contribution is -0.141. The fourth-order valence-corrected chi connectivity index (χ4v) is 2.42. The third kappa shape index (κ3) is 3.22. The molecule has 2 rings (SSSR count). The van der Waals surface area contributed by atoms with Gasteiger partial charge in [0.15, 0.2) is 0 Å². The fraction of sp³-hybridized carbons (Fsp3) is 0.375. The maximum absolute atomic E-state index is 12.6. The lowest BCUT2D eigenvalue weighted by atomic mass is 9.91. The van der Waals surface area contributed by atoms with E-state index in [1.807, 2.05) is 19.1 Å². The molecule has 0 aromatic heterocycles. The summed E-state index contributed by atoms with van der Waals surface area (Å²) in [7, 11) is 0. The van der Waals surface area contributed by atoms with Gasteiger partial charge in [-0.1, -0.05) is 29.8 Å². The Balaban J connectivity index is 2.15. The highest BCUT2D eigenvalue weighted by Crippen LogP contribution is 2.28. The van der Waals surface area contributed by atoms with Crippen LogP contribution in [0.25, 0.3) is 0 Å². The molecule has 0 spiro atoms. The number of hydrogen-bond acceptors (Lipinski definition) is 4. The molecule has 24 heavy (non-hydrogen) atoms. The Morgan fingerprint density at radius 1 is 1.29 bits per heavy atom. The molecular weight excluding hydrogens is 314 g/mol. The zero-order valence-corrected chi connectivity index (χ0v) is 13.6. The second kappa shape index (κ2) is 6.31. The van der Waals surface area contributed by atoms with Gasteiger partial charge in [0.05, 0.1) is 0 Å². The number of carbonyl (C=O) groups excluding carboxylic acids is 3. The first-order valence-electron chi connectivity index (χ1n) is 7.38. The maximum atomic E-state index is 12.6. The van der Waals surface area contributed by atoms with Crippen molar-refractivity contribution in [1.82, 2.24) is 15.5 Å². The molecule has 0 saturated carbocycles. The van der Waals surface area contributed by atoms with E-state index in [-0.39, 0.29) is 0 Å². The summed E-state index contributed by atoms with van der Waals surface area (Å²) in [5.74, 6) is -2.49. The minimum atomic E-state index is -1.26. The summed E-state index contributed by atoms with van der Waals surface area (Å²) in [5, 5.41) is 13.6. The molecule has 8 nitrogen and oxygen atoms in total. The SMILES string of the molecule is Cc1ccc(C2(C)NC(=O)N(CC(=O)NC(C)C(=O)O)C2=O)cc1. The number of urea groups is 1. The number of rotatable bonds is 5. The highest BCUT2D eigenvalue weighted by molar-refractivity contribution is 6.09. The summed E-state index contributed by atoms with van der Waals surface area (Å²) in [6.45, 7) is 4.23. The molecule has 4 amide bonds. The molecule has 0 radical (unpaired) electrons. The second-order valence-electron chi connectivity index (χ2n) is 5.94. The van der Waals surface area contributed by atoms with Crippen molar-refractivity contribution in [1.29, 1.82) is 0 Å². The first-order chi connectivity index (χ1) is 11.1. The molecule has 3 N–H and O–H groups in total. The van der Waals surface area contributed by atoms with Crippen LogP contribution in [-0.4, -0.2) is 46.4 Å². The van der Waals surface area contributed by atoms with E-state index in [2.05, 4.69) is 10.6 Å². The number of carbonyl (C=O) groups is 4. The largest absolute Gasteiger partial charge is 0.480 e. The number of imide groups is 1. The van der Waals surface area contributed by atoms with E-state index in [9.17, 15) is 19.2 Å². The quantitative estimate of drug-likeness (QED) is 0.673. The van der Waals surface area contributed by atoms with Gasteiger partial charge in [0.1, 0.15) is 18.1 Å². The molecule has 8 heteroatoms. The highest BCUT2D eigenvalue weighted by Gasteiger charge is 2.49. The van der Waals surface area contributed by atoms with Crippen LogP contribution in [0, 0.1) is 6.92 Å². The van der Waals surface area contributed by atoms with Gasteiger partial charge in [0.25, 0.3) is 5.91 Å². The monoisotopic (exact) mass is 333 g/mol.